The first-order valence-corrected chi connectivity index (χ1v) is 6.62. The molecule has 0 saturated carbocycles. The van der Waals surface area contributed by atoms with E-state index in [1.165, 1.54) is 11.3 Å². The predicted molar refractivity (Wildman–Crippen MR) is 72.7 cm³/mol. The summed E-state index contributed by atoms with van der Waals surface area (Å²) >= 11 is 1.48. The highest BCUT2D eigenvalue weighted by molar-refractivity contribution is 7.07. The van der Waals surface area contributed by atoms with Crippen LogP contribution < -0.4 is 0 Å². The maximum Gasteiger partial charge on any atom is 0.122 e. The molecular weight excluding hydrogens is 244 g/mol. The number of aliphatic hydroxyl groups excluding tert-OH is 1. The largest absolute Gasteiger partial charge is 0.382 e. The van der Waals surface area contributed by atoms with Crippen LogP contribution in [0.2, 0.25) is 0 Å². The van der Waals surface area contributed by atoms with Crippen LogP contribution in [0.3, 0.4) is 0 Å². The molecule has 2 heterocycles. The number of aliphatic hydroxyl groups is 1. The van der Waals surface area contributed by atoms with Gasteiger partial charge in [-0.2, -0.15) is 0 Å². The molecule has 3 aromatic rings. The molecule has 0 saturated heterocycles. The highest BCUT2D eigenvalue weighted by Crippen LogP contribution is 2.24. The minimum Gasteiger partial charge on any atom is -0.382 e. The number of benzene rings is 1. The van der Waals surface area contributed by atoms with E-state index >= 15 is 0 Å². The number of rotatable bonds is 2. The Morgan fingerprint density at radius 3 is 2.89 bits per heavy atom. The van der Waals surface area contributed by atoms with Gasteiger partial charge in [-0.3, -0.25) is 4.98 Å². The lowest BCUT2D eigenvalue weighted by atomic mass is 10.0. The molecule has 1 atom stereocenters. The predicted octanol–water partition coefficient (Wildman–Crippen LogP) is 3.08. The van der Waals surface area contributed by atoms with Gasteiger partial charge in [-0.25, -0.2) is 4.98 Å². The van der Waals surface area contributed by atoms with Crippen LogP contribution in [-0.2, 0) is 0 Å². The summed E-state index contributed by atoms with van der Waals surface area (Å²) in [6.07, 6.45) is -0.665. The molecule has 0 aliphatic carbocycles. The molecule has 0 radical (unpaired) electrons. The Bertz CT molecular complexity index is 679. The van der Waals surface area contributed by atoms with Crippen molar-refractivity contribution in [3.63, 3.8) is 0 Å². The van der Waals surface area contributed by atoms with Gasteiger partial charge in [0.15, 0.2) is 0 Å². The zero-order valence-electron chi connectivity index (χ0n) is 9.87. The Morgan fingerprint density at radius 1 is 1.22 bits per heavy atom. The third kappa shape index (κ3) is 2.00. The Labute approximate surface area is 109 Å². The zero-order valence-corrected chi connectivity index (χ0v) is 10.7. The van der Waals surface area contributed by atoms with Crippen molar-refractivity contribution in [2.45, 2.75) is 13.0 Å². The van der Waals surface area contributed by atoms with E-state index in [-0.39, 0.29) is 0 Å². The van der Waals surface area contributed by atoms with E-state index in [9.17, 15) is 5.11 Å². The summed E-state index contributed by atoms with van der Waals surface area (Å²) in [5, 5.41) is 13.1. The summed E-state index contributed by atoms with van der Waals surface area (Å²) in [7, 11) is 0. The highest BCUT2D eigenvalue weighted by Gasteiger charge is 2.12. The molecule has 4 heteroatoms. The van der Waals surface area contributed by atoms with Crippen molar-refractivity contribution in [2.24, 2.45) is 0 Å². The molecule has 1 N–H and O–H groups in total. The molecule has 0 aliphatic heterocycles. The topological polar surface area (TPSA) is 46.0 Å². The van der Waals surface area contributed by atoms with Gasteiger partial charge in [0.05, 0.1) is 16.7 Å². The van der Waals surface area contributed by atoms with Gasteiger partial charge in [-0.05, 0) is 30.7 Å². The van der Waals surface area contributed by atoms with Crippen molar-refractivity contribution in [1.29, 1.82) is 0 Å². The van der Waals surface area contributed by atoms with Crippen molar-refractivity contribution in [2.75, 3.05) is 0 Å². The van der Waals surface area contributed by atoms with Crippen LogP contribution in [0.25, 0.3) is 10.9 Å². The van der Waals surface area contributed by atoms with Crippen molar-refractivity contribution >= 4 is 22.2 Å². The second-order valence-corrected chi connectivity index (χ2v) is 4.94. The van der Waals surface area contributed by atoms with Crippen LogP contribution in [0.5, 0.6) is 0 Å². The molecule has 0 bridgehead atoms. The molecule has 1 aromatic carbocycles. The quantitative estimate of drug-likeness (QED) is 0.766. The van der Waals surface area contributed by atoms with Crippen LogP contribution in [0.4, 0.5) is 0 Å². The number of pyridine rings is 1. The van der Waals surface area contributed by atoms with E-state index in [1.807, 2.05) is 42.6 Å². The number of fused-ring (bicyclic) bond motifs is 1. The molecule has 0 fully saturated rings. The van der Waals surface area contributed by atoms with Crippen LogP contribution in [0.1, 0.15) is 23.1 Å². The summed E-state index contributed by atoms with van der Waals surface area (Å²) in [4.78, 5) is 8.58. The average molecular weight is 256 g/mol. The zero-order chi connectivity index (χ0) is 12.5. The summed E-state index contributed by atoms with van der Waals surface area (Å²) < 4.78 is 0. The van der Waals surface area contributed by atoms with E-state index in [0.717, 1.165) is 22.2 Å². The van der Waals surface area contributed by atoms with Gasteiger partial charge in [0.25, 0.3) is 0 Å². The normalized spacial score (nSPS) is 12.8. The van der Waals surface area contributed by atoms with Crippen LogP contribution in [-0.4, -0.2) is 15.1 Å². The maximum atomic E-state index is 10.2. The number of aryl methyl sites for hydroxylation is 1. The monoisotopic (exact) mass is 256 g/mol. The number of thiazole rings is 1. The minimum atomic E-state index is -0.665. The van der Waals surface area contributed by atoms with E-state index < -0.39 is 6.10 Å². The fourth-order valence-electron chi connectivity index (χ4n) is 1.94. The van der Waals surface area contributed by atoms with Crippen molar-refractivity contribution in [3.8, 4) is 0 Å². The fourth-order valence-corrected chi connectivity index (χ4v) is 2.52. The molecule has 0 amide bonds. The third-order valence-electron chi connectivity index (χ3n) is 2.90. The maximum absolute atomic E-state index is 10.2. The number of nitrogens with zero attached hydrogens (tertiary/aromatic N) is 2. The molecular formula is C14H12N2OS. The van der Waals surface area contributed by atoms with E-state index in [2.05, 4.69) is 9.97 Å². The number of aromatic nitrogens is 2. The molecule has 2 aromatic heterocycles. The van der Waals surface area contributed by atoms with E-state index in [1.54, 1.807) is 5.51 Å². The molecule has 18 heavy (non-hydrogen) atoms. The van der Waals surface area contributed by atoms with E-state index in [4.69, 9.17) is 0 Å². The van der Waals surface area contributed by atoms with Gasteiger partial charge in [0, 0.05) is 16.5 Å². The van der Waals surface area contributed by atoms with Gasteiger partial charge >= 0.3 is 0 Å². The van der Waals surface area contributed by atoms with Gasteiger partial charge in [0.2, 0.25) is 0 Å². The Kier molecular flexibility index (Phi) is 2.81. The summed E-state index contributed by atoms with van der Waals surface area (Å²) in [6.45, 7) is 1.97. The second-order valence-electron chi connectivity index (χ2n) is 4.22. The second kappa shape index (κ2) is 4.48. The van der Waals surface area contributed by atoms with E-state index in [0.29, 0.717) is 5.69 Å². The van der Waals surface area contributed by atoms with Crippen LogP contribution in [0.15, 0.2) is 41.2 Å². The van der Waals surface area contributed by atoms with Gasteiger partial charge in [0.1, 0.15) is 6.10 Å². The Balaban J connectivity index is 2.06. The lowest BCUT2D eigenvalue weighted by Crippen LogP contribution is -1.99. The van der Waals surface area contributed by atoms with Gasteiger partial charge in [-0.1, -0.05) is 12.1 Å². The van der Waals surface area contributed by atoms with Gasteiger partial charge in [-0.15, -0.1) is 11.3 Å². The highest BCUT2D eigenvalue weighted by atomic mass is 32.1. The number of hydrogen-bond donors (Lipinski definition) is 1. The van der Waals surface area contributed by atoms with Gasteiger partial charge < -0.3 is 5.11 Å². The smallest absolute Gasteiger partial charge is 0.122 e. The molecule has 1 unspecified atom stereocenters. The third-order valence-corrected chi connectivity index (χ3v) is 3.50. The summed E-state index contributed by atoms with van der Waals surface area (Å²) in [5.74, 6) is 0. The summed E-state index contributed by atoms with van der Waals surface area (Å²) in [5.41, 5.74) is 5.21. The SMILES string of the molecule is Cc1ccc2cc(C(O)c3cscn3)ccc2n1. The first-order chi connectivity index (χ1) is 8.74. The molecule has 0 spiro atoms. The standard InChI is InChI=1S/C14H12N2OS/c1-9-2-3-10-6-11(4-5-12(10)16-9)14(17)13-7-18-8-15-13/h2-8,14,17H,1H3. The summed E-state index contributed by atoms with van der Waals surface area (Å²) in [6, 6.07) is 9.80. The average Bonchev–Trinajstić information content (AvgIpc) is 2.91. The van der Waals surface area contributed by atoms with Crippen molar-refractivity contribution in [3.05, 3.63) is 58.2 Å². The fraction of sp³-hybridized carbons (Fsp3) is 0.143. The molecule has 3 rings (SSSR count). The first-order valence-electron chi connectivity index (χ1n) is 5.67. The Hall–Kier alpha value is -1.78. The molecule has 0 aliphatic rings. The number of hydrogen-bond acceptors (Lipinski definition) is 4. The first kappa shape index (κ1) is 11.3. The molecule has 90 valence electrons. The lowest BCUT2D eigenvalue weighted by molar-refractivity contribution is 0.216. The van der Waals surface area contributed by atoms with Crippen LogP contribution in [0, 0.1) is 6.92 Å². The lowest BCUT2D eigenvalue weighted by Gasteiger charge is -2.09. The van der Waals surface area contributed by atoms with Crippen molar-refractivity contribution < 1.29 is 5.11 Å². The van der Waals surface area contributed by atoms with Crippen LogP contribution >= 0.6 is 11.3 Å². The Morgan fingerprint density at radius 2 is 2.11 bits per heavy atom. The minimum absolute atomic E-state index is 0.665. The van der Waals surface area contributed by atoms with Crippen molar-refractivity contribution in [1.82, 2.24) is 9.97 Å². The molecule has 3 nitrogen and oxygen atoms in total.